The van der Waals surface area contributed by atoms with Crippen LogP contribution in [-0.4, -0.2) is 44.3 Å². The lowest BCUT2D eigenvalue weighted by Crippen LogP contribution is -2.19. The number of pyridine rings is 1. The second-order valence-electron chi connectivity index (χ2n) is 11.2. The summed E-state index contributed by atoms with van der Waals surface area (Å²) >= 11 is 0. The Labute approximate surface area is 230 Å². The number of azo groups is 1. The van der Waals surface area contributed by atoms with Gasteiger partial charge in [-0.1, -0.05) is 47.6 Å². The fourth-order valence-electron chi connectivity index (χ4n) is 3.64. The number of sulfonamides is 1. The highest BCUT2D eigenvalue weighted by molar-refractivity contribution is 7.92. The third-order valence-electron chi connectivity index (χ3n) is 5.81. The molecule has 0 spiro atoms. The molecule has 0 aliphatic carbocycles. The predicted octanol–water partition coefficient (Wildman–Crippen LogP) is 5.95. The van der Waals surface area contributed by atoms with Crippen LogP contribution in [0.4, 0.5) is 23.1 Å². The van der Waals surface area contributed by atoms with E-state index in [1.165, 1.54) is 0 Å². The number of ether oxygens (including phenoxy) is 1. The zero-order valence-corrected chi connectivity index (χ0v) is 24.7. The zero-order valence-electron chi connectivity index (χ0n) is 23.9. The van der Waals surface area contributed by atoms with E-state index in [0.717, 1.165) is 5.56 Å². The van der Waals surface area contributed by atoms with E-state index < -0.39 is 10.0 Å². The second-order valence-corrected chi connectivity index (χ2v) is 12.9. The van der Waals surface area contributed by atoms with Crippen molar-refractivity contribution in [2.24, 2.45) is 10.2 Å². The van der Waals surface area contributed by atoms with Gasteiger partial charge in [-0.25, -0.2) is 13.4 Å². The number of aromatic nitrogens is 3. The lowest BCUT2D eigenvalue weighted by Gasteiger charge is -2.22. The van der Waals surface area contributed by atoms with Crippen molar-refractivity contribution in [1.82, 2.24) is 15.2 Å². The van der Waals surface area contributed by atoms with E-state index in [1.807, 2.05) is 47.6 Å². The SMILES string of the molecule is CCOc1ccc(C(C)(C)C)cc1S(=O)(=O)Nc1nc(N(C)C)ccc1N=Nc1n[nH]c(C(C)(C)C)c1C#N. The monoisotopic (exact) mass is 552 g/mol. The summed E-state index contributed by atoms with van der Waals surface area (Å²) in [6, 6.07) is 10.5. The van der Waals surface area contributed by atoms with Crippen molar-refractivity contribution in [2.45, 2.75) is 64.2 Å². The number of nitriles is 1. The number of rotatable bonds is 8. The van der Waals surface area contributed by atoms with Gasteiger partial charge in [-0.05, 0) is 42.2 Å². The van der Waals surface area contributed by atoms with Crippen molar-refractivity contribution < 1.29 is 13.2 Å². The lowest BCUT2D eigenvalue weighted by atomic mass is 9.87. The van der Waals surface area contributed by atoms with Crippen LogP contribution in [0.5, 0.6) is 5.75 Å². The molecule has 3 aromatic rings. The summed E-state index contributed by atoms with van der Waals surface area (Å²) in [7, 11) is -0.576. The Morgan fingerprint density at radius 1 is 1.08 bits per heavy atom. The van der Waals surface area contributed by atoms with Crippen molar-refractivity contribution in [1.29, 1.82) is 5.26 Å². The average Bonchev–Trinajstić information content (AvgIpc) is 3.26. The number of anilines is 2. The molecule has 0 unspecified atom stereocenters. The number of nitrogens with zero attached hydrogens (tertiary/aromatic N) is 6. The van der Waals surface area contributed by atoms with Crippen LogP contribution in [0.3, 0.4) is 0 Å². The number of aromatic amines is 1. The van der Waals surface area contributed by atoms with Crippen LogP contribution in [0, 0.1) is 11.3 Å². The molecule has 2 N–H and O–H groups in total. The molecule has 0 bridgehead atoms. The van der Waals surface area contributed by atoms with E-state index in [4.69, 9.17) is 4.74 Å². The van der Waals surface area contributed by atoms with Gasteiger partial charge < -0.3 is 9.64 Å². The second kappa shape index (κ2) is 11.0. The van der Waals surface area contributed by atoms with Gasteiger partial charge in [-0.3, -0.25) is 9.82 Å². The minimum Gasteiger partial charge on any atom is -0.492 e. The van der Waals surface area contributed by atoms with Crippen LogP contribution in [0.15, 0.2) is 45.5 Å². The van der Waals surface area contributed by atoms with Crippen LogP contribution in [0.1, 0.15) is 65.3 Å². The number of nitrogens with one attached hydrogen (secondary N) is 2. The minimum absolute atomic E-state index is 0.00870. The fourth-order valence-corrected chi connectivity index (χ4v) is 4.83. The molecular weight excluding hydrogens is 516 g/mol. The van der Waals surface area contributed by atoms with E-state index in [0.29, 0.717) is 18.1 Å². The summed E-state index contributed by atoms with van der Waals surface area (Å²) in [4.78, 5) is 6.21. The van der Waals surface area contributed by atoms with Gasteiger partial charge in [0, 0.05) is 19.5 Å². The van der Waals surface area contributed by atoms with Gasteiger partial charge in [0.15, 0.2) is 5.82 Å². The molecule has 0 radical (unpaired) electrons. The van der Waals surface area contributed by atoms with E-state index in [1.54, 1.807) is 50.2 Å². The average molecular weight is 553 g/mol. The van der Waals surface area contributed by atoms with Crippen LogP contribution in [0.2, 0.25) is 0 Å². The van der Waals surface area contributed by atoms with Crippen LogP contribution < -0.4 is 14.4 Å². The number of hydrogen-bond acceptors (Lipinski definition) is 9. The first kappa shape index (κ1) is 29.6. The first-order valence-electron chi connectivity index (χ1n) is 12.5. The molecule has 2 aromatic heterocycles. The molecule has 0 saturated heterocycles. The third-order valence-corrected chi connectivity index (χ3v) is 7.17. The van der Waals surface area contributed by atoms with Crippen molar-refractivity contribution in [2.75, 3.05) is 30.3 Å². The maximum absolute atomic E-state index is 13.7. The van der Waals surface area contributed by atoms with Crippen molar-refractivity contribution in [3.8, 4) is 11.8 Å². The van der Waals surface area contributed by atoms with Crippen molar-refractivity contribution >= 4 is 33.2 Å². The molecule has 12 heteroatoms. The Morgan fingerprint density at radius 3 is 2.33 bits per heavy atom. The normalized spacial score (nSPS) is 12.4. The van der Waals surface area contributed by atoms with Gasteiger partial charge in [-0.15, -0.1) is 10.2 Å². The van der Waals surface area contributed by atoms with E-state index in [9.17, 15) is 13.7 Å². The maximum Gasteiger partial charge on any atom is 0.266 e. The highest BCUT2D eigenvalue weighted by atomic mass is 32.2. The van der Waals surface area contributed by atoms with E-state index in [-0.39, 0.29) is 44.4 Å². The molecule has 208 valence electrons. The summed E-state index contributed by atoms with van der Waals surface area (Å²) in [5.74, 6) is 0.811. The molecular formula is C27H36N8O3S. The summed E-state index contributed by atoms with van der Waals surface area (Å²) in [5, 5.41) is 25.1. The smallest absolute Gasteiger partial charge is 0.266 e. The van der Waals surface area contributed by atoms with Crippen LogP contribution in [-0.2, 0) is 20.9 Å². The number of benzene rings is 1. The molecule has 1 aromatic carbocycles. The zero-order chi connectivity index (χ0) is 29.2. The third kappa shape index (κ3) is 6.72. The van der Waals surface area contributed by atoms with Crippen molar-refractivity contribution in [3.05, 3.63) is 47.2 Å². The van der Waals surface area contributed by atoms with Crippen molar-refractivity contribution in [3.63, 3.8) is 0 Å². The summed E-state index contributed by atoms with van der Waals surface area (Å²) in [5.41, 5.74) is 1.23. The molecule has 0 amide bonds. The first-order chi connectivity index (χ1) is 18.1. The molecule has 2 heterocycles. The fraction of sp³-hybridized carbons (Fsp3) is 0.444. The first-order valence-corrected chi connectivity index (χ1v) is 14.0. The molecule has 3 rings (SSSR count). The van der Waals surface area contributed by atoms with Gasteiger partial charge in [0.05, 0.1) is 12.3 Å². The Bertz CT molecular complexity index is 1520. The standard InChI is InChI=1S/C27H36N8O3S/c1-10-38-20-13-11-17(26(2,3)4)15-21(20)39(36,37)34-25-19(12-14-22(29-25)35(8)9)30-32-24-18(16-28)23(31-33-24)27(5,6)7/h11-15H,10H2,1-9H3,(H,29,34)(H,31,33). The molecule has 0 aliphatic rings. The quantitative estimate of drug-likeness (QED) is 0.328. The van der Waals surface area contributed by atoms with Crippen LogP contribution in [0.25, 0.3) is 0 Å². The van der Waals surface area contributed by atoms with Crippen LogP contribution >= 0.6 is 0 Å². The van der Waals surface area contributed by atoms with Gasteiger partial charge in [0.25, 0.3) is 10.0 Å². The molecule has 0 fully saturated rings. The Kier molecular flexibility index (Phi) is 8.36. The molecule has 11 nitrogen and oxygen atoms in total. The molecule has 39 heavy (non-hydrogen) atoms. The lowest BCUT2D eigenvalue weighted by molar-refractivity contribution is 0.331. The van der Waals surface area contributed by atoms with Gasteiger partial charge in [0.1, 0.15) is 33.8 Å². The Hall–Kier alpha value is -3.98. The molecule has 0 saturated carbocycles. The van der Waals surface area contributed by atoms with Gasteiger partial charge >= 0.3 is 0 Å². The minimum atomic E-state index is -4.16. The summed E-state index contributed by atoms with van der Waals surface area (Å²) in [6.07, 6.45) is 0. The number of H-pyrrole nitrogens is 1. The molecule has 0 atom stereocenters. The predicted molar refractivity (Wildman–Crippen MR) is 152 cm³/mol. The van der Waals surface area contributed by atoms with E-state index >= 15 is 0 Å². The summed E-state index contributed by atoms with van der Waals surface area (Å²) < 4.78 is 35.7. The number of hydrogen-bond donors (Lipinski definition) is 2. The summed E-state index contributed by atoms with van der Waals surface area (Å²) in [6.45, 7) is 13.9. The highest BCUT2D eigenvalue weighted by Gasteiger charge is 2.26. The van der Waals surface area contributed by atoms with Gasteiger partial charge in [-0.2, -0.15) is 10.4 Å². The Balaban J connectivity index is 2.11. The maximum atomic E-state index is 13.7. The highest BCUT2D eigenvalue weighted by Crippen LogP contribution is 2.35. The van der Waals surface area contributed by atoms with E-state index in [2.05, 4.69) is 36.2 Å². The molecule has 0 aliphatic heterocycles. The Morgan fingerprint density at radius 2 is 1.77 bits per heavy atom. The topological polar surface area (TPSA) is 149 Å². The van der Waals surface area contributed by atoms with Gasteiger partial charge in [0.2, 0.25) is 5.82 Å². The largest absolute Gasteiger partial charge is 0.492 e.